The van der Waals surface area contributed by atoms with Crippen LogP contribution >= 0.6 is 11.8 Å². The highest BCUT2D eigenvalue weighted by Gasteiger charge is 1.98. The van der Waals surface area contributed by atoms with Crippen molar-refractivity contribution in [3.8, 4) is 0 Å². The maximum absolute atomic E-state index is 4.01. The van der Waals surface area contributed by atoms with E-state index in [2.05, 4.69) is 48.8 Å². The van der Waals surface area contributed by atoms with Crippen molar-refractivity contribution in [1.29, 1.82) is 0 Å². The molecule has 1 heterocycles. The Morgan fingerprint density at radius 1 is 0.947 bits per heavy atom. The van der Waals surface area contributed by atoms with Gasteiger partial charge in [-0.3, -0.25) is 0 Å². The molecule has 1 aliphatic rings. The molecular formula is C17H17NS. The van der Waals surface area contributed by atoms with Crippen LogP contribution in [0.5, 0.6) is 0 Å². The van der Waals surface area contributed by atoms with Gasteiger partial charge in [-0.15, -0.1) is 0 Å². The van der Waals surface area contributed by atoms with E-state index in [1.807, 2.05) is 30.4 Å². The van der Waals surface area contributed by atoms with Gasteiger partial charge in [0.15, 0.2) is 0 Å². The van der Waals surface area contributed by atoms with E-state index in [9.17, 15) is 0 Å². The van der Waals surface area contributed by atoms with Crippen LogP contribution in [0.1, 0.15) is 6.42 Å². The maximum atomic E-state index is 4.01. The summed E-state index contributed by atoms with van der Waals surface area (Å²) in [6.45, 7) is 7.98. The Hall–Kier alpha value is -1.93. The van der Waals surface area contributed by atoms with E-state index in [4.69, 9.17) is 0 Å². The molecule has 1 nitrogen and oxygen atoms in total. The van der Waals surface area contributed by atoms with Gasteiger partial charge in [-0.1, -0.05) is 61.3 Å². The third-order valence-electron chi connectivity index (χ3n) is 2.55. The van der Waals surface area contributed by atoms with Crippen LogP contribution in [0.2, 0.25) is 0 Å². The molecule has 1 aliphatic heterocycles. The van der Waals surface area contributed by atoms with Crippen LogP contribution in [0.4, 0.5) is 5.69 Å². The molecule has 1 aromatic rings. The molecule has 96 valence electrons. The van der Waals surface area contributed by atoms with Crippen molar-refractivity contribution in [2.24, 2.45) is 0 Å². The third-order valence-corrected chi connectivity index (χ3v) is 3.35. The number of rotatable bonds is 2. The Balaban J connectivity index is 2.16. The van der Waals surface area contributed by atoms with Crippen molar-refractivity contribution < 1.29 is 0 Å². The molecule has 0 fully saturated rings. The second-order valence-electron chi connectivity index (χ2n) is 4.16. The molecule has 0 radical (unpaired) electrons. The molecule has 0 amide bonds. The summed E-state index contributed by atoms with van der Waals surface area (Å²) in [5.74, 6) is 0. The fourth-order valence-corrected chi connectivity index (χ4v) is 2.30. The molecule has 0 saturated heterocycles. The molecule has 0 bridgehead atoms. The van der Waals surface area contributed by atoms with Gasteiger partial charge in [0.1, 0.15) is 0 Å². The van der Waals surface area contributed by atoms with Gasteiger partial charge in [0.25, 0.3) is 0 Å². The van der Waals surface area contributed by atoms with Gasteiger partial charge < -0.3 is 5.32 Å². The number of nitrogens with one attached hydrogen (secondary N) is 1. The van der Waals surface area contributed by atoms with Gasteiger partial charge in [-0.2, -0.15) is 0 Å². The van der Waals surface area contributed by atoms with E-state index >= 15 is 0 Å². The number of anilines is 1. The van der Waals surface area contributed by atoms with E-state index < -0.39 is 0 Å². The Morgan fingerprint density at radius 2 is 1.68 bits per heavy atom. The summed E-state index contributed by atoms with van der Waals surface area (Å²) in [7, 11) is 0. The molecule has 0 aromatic heterocycles. The lowest BCUT2D eigenvalue weighted by atomic mass is 10.2. The van der Waals surface area contributed by atoms with E-state index in [1.54, 1.807) is 11.8 Å². The van der Waals surface area contributed by atoms with Crippen molar-refractivity contribution in [1.82, 2.24) is 0 Å². The topological polar surface area (TPSA) is 12.0 Å². The maximum Gasteiger partial charge on any atom is 0.0384 e. The molecule has 2 rings (SSSR count). The first-order valence-electron chi connectivity index (χ1n) is 6.16. The first kappa shape index (κ1) is 13.5. The highest BCUT2D eigenvalue weighted by Crippen LogP contribution is 2.25. The largest absolute Gasteiger partial charge is 0.356 e. The van der Waals surface area contributed by atoms with Gasteiger partial charge in [0.05, 0.1) is 0 Å². The van der Waals surface area contributed by atoms with E-state index in [-0.39, 0.29) is 0 Å². The van der Waals surface area contributed by atoms with E-state index in [0.29, 0.717) is 0 Å². The molecule has 1 aromatic carbocycles. The second kappa shape index (κ2) is 6.86. The molecular weight excluding hydrogens is 250 g/mol. The average molecular weight is 267 g/mol. The SMILES string of the molecule is C=C1/C=C\C/C=C(Nc2ccccc2)\C=C/C(=C)S1. The van der Waals surface area contributed by atoms with E-state index in [1.165, 1.54) is 0 Å². The average Bonchev–Trinajstić information content (AvgIpc) is 2.41. The molecule has 2 heteroatoms. The number of hydrogen-bond donors (Lipinski definition) is 1. The van der Waals surface area contributed by atoms with Gasteiger partial charge in [0, 0.05) is 21.2 Å². The molecule has 19 heavy (non-hydrogen) atoms. The summed E-state index contributed by atoms with van der Waals surface area (Å²) in [5.41, 5.74) is 2.16. The van der Waals surface area contributed by atoms with Crippen molar-refractivity contribution in [3.05, 3.63) is 89.4 Å². The molecule has 1 N–H and O–H groups in total. The molecule has 0 saturated carbocycles. The van der Waals surface area contributed by atoms with Crippen molar-refractivity contribution in [2.75, 3.05) is 5.32 Å². The Morgan fingerprint density at radius 3 is 2.47 bits per heavy atom. The standard InChI is InChI=1S/C17H17NS/c1-14-8-6-7-11-17(13-12-15(2)19-14)18-16-9-4-3-5-10-16/h3-6,8-13,18H,1-2,7H2/b8-6-,13-12-,17-11+. The lowest BCUT2D eigenvalue weighted by Crippen LogP contribution is -1.96. The number of allylic oxidation sites excluding steroid dienone is 5. The van der Waals surface area contributed by atoms with Crippen LogP contribution in [0, 0.1) is 0 Å². The minimum atomic E-state index is 0.881. The predicted octanol–water partition coefficient (Wildman–Crippen LogP) is 5.26. The monoisotopic (exact) mass is 267 g/mol. The smallest absolute Gasteiger partial charge is 0.0384 e. The summed E-state index contributed by atoms with van der Waals surface area (Å²) in [6, 6.07) is 10.1. The summed E-state index contributed by atoms with van der Waals surface area (Å²) in [5, 5.41) is 3.40. The normalized spacial score (nSPS) is 22.2. The predicted molar refractivity (Wildman–Crippen MR) is 86.9 cm³/mol. The van der Waals surface area contributed by atoms with Gasteiger partial charge >= 0.3 is 0 Å². The zero-order chi connectivity index (χ0) is 13.5. The number of thioether (sulfide) groups is 1. The van der Waals surface area contributed by atoms with Gasteiger partial charge in [-0.05, 0) is 30.7 Å². The molecule has 0 spiro atoms. The van der Waals surface area contributed by atoms with Crippen LogP contribution in [-0.4, -0.2) is 0 Å². The highest BCUT2D eigenvalue weighted by atomic mass is 32.2. The van der Waals surface area contributed by atoms with Gasteiger partial charge in [0.2, 0.25) is 0 Å². The molecule has 0 unspecified atom stereocenters. The zero-order valence-corrected chi connectivity index (χ0v) is 11.6. The summed E-state index contributed by atoms with van der Waals surface area (Å²) >= 11 is 1.59. The Bertz CT molecular complexity index is 550. The Kier molecular flexibility index (Phi) is 4.87. The lowest BCUT2D eigenvalue weighted by Gasteiger charge is -2.08. The number of para-hydroxylation sites is 1. The van der Waals surface area contributed by atoms with Crippen LogP contribution in [-0.2, 0) is 0 Å². The van der Waals surface area contributed by atoms with Crippen molar-refractivity contribution in [2.45, 2.75) is 6.42 Å². The van der Waals surface area contributed by atoms with Crippen molar-refractivity contribution >= 4 is 17.4 Å². The van der Waals surface area contributed by atoms with Gasteiger partial charge in [-0.25, -0.2) is 0 Å². The minimum absolute atomic E-state index is 0.881. The number of benzene rings is 1. The van der Waals surface area contributed by atoms with Crippen LogP contribution in [0.3, 0.4) is 0 Å². The first-order valence-corrected chi connectivity index (χ1v) is 6.98. The fourth-order valence-electron chi connectivity index (χ4n) is 1.66. The summed E-state index contributed by atoms with van der Waals surface area (Å²) < 4.78 is 0. The fraction of sp³-hybridized carbons (Fsp3) is 0.0588. The third kappa shape index (κ3) is 4.68. The molecule has 0 aliphatic carbocycles. The minimum Gasteiger partial charge on any atom is -0.356 e. The lowest BCUT2D eigenvalue weighted by molar-refractivity contribution is 1.32. The first-order chi connectivity index (χ1) is 9.24. The van der Waals surface area contributed by atoms with E-state index in [0.717, 1.165) is 27.6 Å². The van der Waals surface area contributed by atoms with Crippen LogP contribution in [0.25, 0.3) is 0 Å². The van der Waals surface area contributed by atoms with Crippen molar-refractivity contribution in [3.63, 3.8) is 0 Å². The quantitative estimate of drug-likeness (QED) is 0.784. The zero-order valence-electron chi connectivity index (χ0n) is 10.8. The number of hydrogen-bond acceptors (Lipinski definition) is 2. The highest BCUT2D eigenvalue weighted by molar-refractivity contribution is 8.07. The summed E-state index contributed by atoms with van der Waals surface area (Å²) in [4.78, 5) is 2.00. The second-order valence-corrected chi connectivity index (χ2v) is 5.41. The van der Waals surface area contributed by atoms with Crippen LogP contribution in [0.15, 0.2) is 89.4 Å². The summed E-state index contributed by atoms with van der Waals surface area (Å²) in [6.07, 6.45) is 11.2. The van der Waals surface area contributed by atoms with Crippen LogP contribution < -0.4 is 5.32 Å². The Labute approximate surface area is 119 Å². The molecule has 0 atom stereocenters.